The maximum atomic E-state index is 12.2. The number of carbonyl (C=O) groups excluding carboxylic acids is 2. The zero-order valence-corrected chi connectivity index (χ0v) is 17.6. The van der Waals surface area contributed by atoms with E-state index in [9.17, 15) is 14.4 Å². The Hall–Kier alpha value is -2.91. The number of anilines is 1. The van der Waals surface area contributed by atoms with Crippen LogP contribution in [0.25, 0.3) is 11.0 Å². The lowest BCUT2D eigenvalue weighted by atomic mass is 10.1. The first-order chi connectivity index (χ1) is 13.7. The van der Waals surface area contributed by atoms with Gasteiger partial charge >= 0.3 is 11.6 Å². The van der Waals surface area contributed by atoms with Gasteiger partial charge < -0.3 is 13.9 Å². The summed E-state index contributed by atoms with van der Waals surface area (Å²) in [6, 6.07) is 3.10. The smallest absolute Gasteiger partial charge is 0.357 e. The first kappa shape index (κ1) is 20.8. The fourth-order valence-electron chi connectivity index (χ4n) is 2.59. The minimum Gasteiger partial charge on any atom is -0.482 e. The fourth-order valence-corrected chi connectivity index (χ4v) is 3.62. The Morgan fingerprint density at radius 1 is 1.24 bits per heavy atom. The molecule has 29 heavy (non-hydrogen) atoms. The highest BCUT2D eigenvalue weighted by Crippen LogP contribution is 2.32. The molecule has 10 heteroatoms. The first-order valence-corrected chi connectivity index (χ1v) is 9.62. The normalized spacial score (nSPS) is 10.8. The molecular weight excluding hydrogens is 420 g/mol. The summed E-state index contributed by atoms with van der Waals surface area (Å²) < 4.78 is 15.4. The van der Waals surface area contributed by atoms with Gasteiger partial charge in [0.2, 0.25) is 0 Å². The molecule has 0 spiro atoms. The molecule has 0 unspecified atom stereocenters. The van der Waals surface area contributed by atoms with Crippen molar-refractivity contribution >= 4 is 50.9 Å². The molecule has 0 radical (unpaired) electrons. The molecule has 1 amide bonds. The van der Waals surface area contributed by atoms with E-state index in [4.69, 9.17) is 20.8 Å². The lowest BCUT2D eigenvalue weighted by Gasteiger charge is -2.10. The van der Waals surface area contributed by atoms with Crippen LogP contribution in [0.5, 0.6) is 5.75 Å². The minimum absolute atomic E-state index is 0.145. The molecule has 0 bridgehead atoms. The third kappa shape index (κ3) is 4.25. The van der Waals surface area contributed by atoms with Crippen LogP contribution in [-0.4, -0.2) is 30.6 Å². The number of ether oxygens (including phenoxy) is 2. The van der Waals surface area contributed by atoms with Gasteiger partial charge in [0.25, 0.3) is 5.91 Å². The zero-order valence-electron chi connectivity index (χ0n) is 16.0. The Morgan fingerprint density at radius 2 is 1.97 bits per heavy atom. The van der Waals surface area contributed by atoms with E-state index in [0.717, 1.165) is 16.9 Å². The molecule has 0 aliphatic heterocycles. The number of hydrogen-bond donors (Lipinski definition) is 1. The van der Waals surface area contributed by atoms with Gasteiger partial charge in [0.15, 0.2) is 17.4 Å². The third-order valence-electron chi connectivity index (χ3n) is 4.29. The van der Waals surface area contributed by atoms with E-state index in [1.807, 2.05) is 0 Å². The van der Waals surface area contributed by atoms with Crippen molar-refractivity contribution in [3.8, 4) is 5.75 Å². The van der Waals surface area contributed by atoms with E-state index in [2.05, 4.69) is 15.0 Å². The van der Waals surface area contributed by atoms with Gasteiger partial charge in [-0.1, -0.05) is 11.6 Å². The van der Waals surface area contributed by atoms with Crippen LogP contribution >= 0.6 is 22.9 Å². The molecule has 3 aromatic rings. The molecule has 3 rings (SSSR count). The van der Waals surface area contributed by atoms with Crippen molar-refractivity contribution in [3.05, 3.63) is 49.3 Å². The highest BCUT2D eigenvalue weighted by molar-refractivity contribution is 7.16. The number of thiazole rings is 1. The monoisotopic (exact) mass is 436 g/mol. The molecule has 152 valence electrons. The van der Waals surface area contributed by atoms with Crippen LogP contribution in [0, 0.1) is 20.8 Å². The number of benzene rings is 1. The van der Waals surface area contributed by atoms with Gasteiger partial charge in [0.1, 0.15) is 11.3 Å². The van der Waals surface area contributed by atoms with Gasteiger partial charge in [0, 0.05) is 21.9 Å². The number of methoxy groups -OCH3 is 1. The van der Waals surface area contributed by atoms with Gasteiger partial charge in [-0.05, 0) is 32.4 Å². The number of esters is 1. The molecule has 0 saturated heterocycles. The Kier molecular flexibility index (Phi) is 5.90. The molecule has 0 aliphatic carbocycles. The summed E-state index contributed by atoms with van der Waals surface area (Å²) in [5, 5.41) is 3.77. The lowest BCUT2D eigenvalue weighted by molar-refractivity contribution is -0.118. The van der Waals surface area contributed by atoms with Crippen molar-refractivity contribution in [2.45, 2.75) is 20.8 Å². The number of halogens is 1. The third-order valence-corrected chi connectivity index (χ3v) is 5.47. The number of rotatable bonds is 5. The second-order valence-electron chi connectivity index (χ2n) is 6.17. The average molecular weight is 437 g/mol. The topological polar surface area (TPSA) is 108 Å². The second-order valence-corrected chi connectivity index (χ2v) is 7.78. The van der Waals surface area contributed by atoms with Gasteiger partial charge in [-0.3, -0.25) is 10.1 Å². The Morgan fingerprint density at radius 3 is 2.66 bits per heavy atom. The van der Waals surface area contributed by atoms with Gasteiger partial charge in [-0.15, -0.1) is 11.3 Å². The van der Waals surface area contributed by atoms with E-state index in [1.165, 1.54) is 13.2 Å². The number of carbonyl (C=O) groups is 2. The number of fused-ring (bicyclic) bond motifs is 1. The quantitative estimate of drug-likeness (QED) is 0.480. The summed E-state index contributed by atoms with van der Waals surface area (Å²) in [5.74, 6) is -0.871. The number of nitrogens with one attached hydrogen (secondary N) is 1. The van der Waals surface area contributed by atoms with Gasteiger partial charge in [0.05, 0.1) is 12.1 Å². The molecular formula is C19H17ClN2O6S. The molecule has 0 saturated carbocycles. The number of hydrogen-bond acceptors (Lipinski definition) is 8. The SMILES string of the molecule is COC(=O)c1nc(NC(=O)COc2cc3oc(=O)c(C)c(C)c3cc2Cl)sc1C. The Bertz CT molecular complexity index is 1180. The predicted octanol–water partition coefficient (Wildman–Crippen LogP) is 3.63. The number of aryl methyl sites for hydroxylation is 2. The van der Waals surface area contributed by atoms with Crippen molar-refractivity contribution < 1.29 is 23.5 Å². The molecule has 1 N–H and O–H groups in total. The van der Waals surface area contributed by atoms with E-state index in [1.54, 1.807) is 26.8 Å². The maximum absolute atomic E-state index is 12.2. The van der Waals surface area contributed by atoms with Crippen LogP contribution in [0.15, 0.2) is 21.3 Å². The number of nitrogens with zero attached hydrogens (tertiary/aromatic N) is 1. The van der Waals surface area contributed by atoms with Crippen molar-refractivity contribution in [1.29, 1.82) is 0 Å². The highest BCUT2D eigenvalue weighted by atomic mass is 35.5. The summed E-state index contributed by atoms with van der Waals surface area (Å²) in [4.78, 5) is 40.3. The summed E-state index contributed by atoms with van der Waals surface area (Å²) in [5.41, 5.74) is 1.29. The molecule has 1 aromatic carbocycles. The van der Waals surface area contributed by atoms with E-state index in [-0.39, 0.29) is 28.2 Å². The van der Waals surface area contributed by atoms with Gasteiger partial charge in [-0.2, -0.15) is 0 Å². The number of aromatic nitrogens is 1. The highest BCUT2D eigenvalue weighted by Gasteiger charge is 2.18. The standard InChI is InChI=1S/C19H17ClN2O6S/c1-8-9(2)17(24)28-13-6-14(12(20)5-11(8)13)27-7-15(23)21-19-22-16(10(3)29-19)18(25)26-4/h5-6H,7H2,1-4H3,(H,21,22,23). The largest absolute Gasteiger partial charge is 0.482 e. The summed E-state index contributed by atoms with van der Waals surface area (Å²) in [6.45, 7) is 4.82. The van der Waals surface area contributed by atoms with Crippen molar-refractivity contribution in [3.63, 3.8) is 0 Å². The molecule has 0 aliphatic rings. The zero-order chi connectivity index (χ0) is 21.3. The predicted molar refractivity (Wildman–Crippen MR) is 109 cm³/mol. The molecule has 0 fully saturated rings. The maximum Gasteiger partial charge on any atom is 0.357 e. The van der Waals surface area contributed by atoms with Crippen LogP contribution in [0.1, 0.15) is 26.5 Å². The van der Waals surface area contributed by atoms with Gasteiger partial charge in [-0.25, -0.2) is 14.6 Å². The summed E-state index contributed by atoms with van der Waals surface area (Å²) >= 11 is 7.39. The molecule has 2 aromatic heterocycles. The average Bonchev–Trinajstić information content (AvgIpc) is 3.04. The van der Waals surface area contributed by atoms with E-state index >= 15 is 0 Å². The molecule has 2 heterocycles. The molecule has 0 atom stereocenters. The van der Waals surface area contributed by atoms with Crippen LogP contribution < -0.4 is 15.7 Å². The minimum atomic E-state index is -0.578. The van der Waals surface area contributed by atoms with E-state index < -0.39 is 17.5 Å². The summed E-state index contributed by atoms with van der Waals surface area (Å²) in [7, 11) is 1.26. The van der Waals surface area contributed by atoms with Crippen LogP contribution in [0.3, 0.4) is 0 Å². The van der Waals surface area contributed by atoms with Crippen LogP contribution in [0.4, 0.5) is 5.13 Å². The van der Waals surface area contributed by atoms with E-state index in [0.29, 0.717) is 21.4 Å². The molecule has 8 nitrogen and oxygen atoms in total. The van der Waals surface area contributed by atoms with Crippen LogP contribution in [-0.2, 0) is 9.53 Å². The van der Waals surface area contributed by atoms with Crippen molar-refractivity contribution in [2.24, 2.45) is 0 Å². The van der Waals surface area contributed by atoms with Crippen molar-refractivity contribution in [2.75, 3.05) is 19.0 Å². The first-order valence-electron chi connectivity index (χ1n) is 8.43. The Balaban J connectivity index is 1.74. The Labute approximate surface area is 174 Å². The van der Waals surface area contributed by atoms with Crippen LogP contribution in [0.2, 0.25) is 5.02 Å². The second kappa shape index (κ2) is 8.22. The lowest BCUT2D eigenvalue weighted by Crippen LogP contribution is -2.20. The number of amides is 1. The fraction of sp³-hybridized carbons (Fsp3) is 0.263. The summed E-state index contributed by atoms with van der Waals surface area (Å²) in [6.07, 6.45) is 0. The van der Waals surface area contributed by atoms with Crippen molar-refractivity contribution in [1.82, 2.24) is 4.98 Å².